The van der Waals surface area contributed by atoms with Crippen molar-refractivity contribution >= 4 is 11.8 Å². The summed E-state index contributed by atoms with van der Waals surface area (Å²) in [7, 11) is 0. The first-order valence-corrected chi connectivity index (χ1v) is 8.40. The van der Waals surface area contributed by atoms with Crippen LogP contribution in [0.5, 0.6) is 0 Å². The third-order valence-corrected chi connectivity index (χ3v) is 4.70. The fourth-order valence-corrected chi connectivity index (χ4v) is 2.89. The summed E-state index contributed by atoms with van der Waals surface area (Å²) >= 11 is 0. The van der Waals surface area contributed by atoms with Crippen molar-refractivity contribution < 1.29 is 28.0 Å². The molecule has 1 fully saturated rings. The maximum Gasteiger partial charge on any atom is 0.270 e. The summed E-state index contributed by atoms with van der Waals surface area (Å²) in [4.78, 5) is 24.1. The Morgan fingerprint density at radius 3 is 2.07 bits per heavy atom. The third kappa shape index (κ3) is 3.95. The molecular formula is C19H17F3N2O3. The standard InChI is InChI=1S/C19H17F3N2O3/c20-14-8-13(9-15(21)16(14)22)10-4-6-11(7-5-10)17(19(26)24-27)23-18(25)12-2-1-3-12/h4-9,12,17,27H,1-3H2,(H,23,25)(H,24,26). The van der Waals surface area contributed by atoms with Gasteiger partial charge >= 0.3 is 0 Å². The van der Waals surface area contributed by atoms with E-state index >= 15 is 0 Å². The van der Waals surface area contributed by atoms with Crippen LogP contribution >= 0.6 is 0 Å². The van der Waals surface area contributed by atoms with E-state index in [0.717, 1.165) is 31.4 Å². The van der Waals surface area contributed by atoms with E-state index in [-0.39, 0.29) is 17.4 Å². The molecule has 3 rings (SSSR count). The summed E-state index contributed by atoms with van der Waals surface area (Å²) in [5.74, 6) is -5.40. The van der Waals surface area contributed by atoms with Gasteiger partial charge in [0.1, 0.15) is 6.04 Å². The summed E-state index contributed by atoms with van der Waals surface area (Å²) in [6.45, 7) is 0. The molecule has 27 heavy (non-hydrogen) atoms. The van der Waals surface area contributed by atoms with E-state index in [9.17, 15) is 22.8 Å². The number of hydrogen-bond donors (Lipinski definition) is 3. The first-order chi connectivity index (χ1) is 12.9. The average molecular weight is 378 g/mol. The lowest BCUT2D eigenvalue weighted by atomic mass is 9.84. The van der Waals surface area contributed by atoms with Crippen LogP contribution in [0.25, 0.3) is 11.1 Å². The molecule has 0 aromatic heterocycles. The molecule has 1 saturated carbocycles. The summed E-state index contributed by atoms with van der Waals surface area (Å²) < 4.78 is 39.9. The van der Waals surface area contributed by atoms with Crippen molar-refractivity contribution in [2.75, 3.05) is 0 Å². The minimum atomic E-state index is -1.55. The van der Waals surface area contributed by atoms with Crippen LogP contribution in [-0.4, -0.2) is 17.0 Å². The van der Waals surface area contributed by atoms with Gasteiger partial charge in [-0.15, -0.1) is 0 Å². The molecule has 0 radical (unpaired) electrons. The molecule has 0 bridgehead atoms. The molecule has 5 nitrogen and oxygen atoms in total. The van der Waals surface area contributed by atoms with Crippen LogP contribution in [0.15, 0.2) is 36.4 Å². The SMILES string of the molecule is O=C(NC(C(=O)NO)c1ccc(-c2cc(F)c(F)c(F)c2)cc1)C1CCC1. The Bertz CT molecular complexity index is 844. The van der Waals surface area contributed by atoms with Crippen LogP contribution in [0.1, 0.15) is 30.9 Å². The Morgan fingerprint density at radius 1 is 1.00 bits per heavy atom. The maximum absolute atomic E-state index is 13.4. The van der Waals surface area contributed by atoms with Crippen LogP contribution in [0.3, 0.4) is 0 Å². The fourth-order valence-electron chi connectivity index (χ4n) is 2.89. The molecule has 0 spiro atoms. The monoisotopic (exact) mass is 378 g/mol. The van der Waals surface area contributed by atoms with E-state index in [1.54, 1.807) is 0 Å². The molecule has 1 atom stereocenters. The van der Waals surface area contributed by atoms with Crippen molar-refractivity contribution in [3.8, 4) is 11.1 Å². The smallest absolute Gasteiger partial charge is 0.270 e. The Labute approximate surface area is 153 Å². The van der Waals surface area contributed by atoms with E-state index in [4.69, 9.17) is 5.21 Å². The molecule has 0 aliphatic heterocycles. The molecule has 1 aliphatic carbocycles. The number of carbonyl (C=O) groups is 2. The van der Waals surface area contributed by atoms with Crippen LogP contribution in [0, 0.1) is 23.4 Å². The lowest BCUT2D eigenvalue weighted by Gasteiger charge is -2.27. The van der Waals surface area contributed by atoms with Gasteiger partial charge in [0.2, 0.25) is 5.91 Å². The zero-order valence-corrected chi connectivity index (χ0v) is 14.1. The van der Waals surface area contributed by atoms with E-state index in [1.807, 2.05) is 0 Å². The highest BCUT2D eigenvalue weighted by Gasteiger charge is 2.30. The van der Waals surface area contributed by atoms with Crippen molar-refractivity contribution in [1.29, 1.82) is 0 Å². The van der Waals surface area contributed by atoms with Gasteiger partial charge in [0.25, 0.3) is 5.91 Å². The first kappa shape index (κ1) is 18.9. The number of nitrogens with one attached hydrogen (secondary N) is 2. The third-order valence-electron chi connectivity index (χ3n) is 4.70. The number of hydroxylamine groups is 1. The number of benzene rings is 2. The van der Waals surface area contributed by atoms with Gasteiger partial charge in [-0.25, -0.2) is 18.7 Å². The quantitative estimate of drug-likeness (QED) is 0.425. The summed E-state index contributed by atoms with van der Waals surface area (Å²) in [6, 6.07) is 6.54. The second-order valence-electron chi connectivity index (χ2n) is 6.42. The van der Waals surface area contributed by atoms with E-state index in [1.165, 1.54) is 29.7 Å². The number of hydrogen-bond acceptors (Lipinski definition) is 3. The fraction of sp³-hybridized carbons (Fsp3) is 0.263. The second-order valence-corrected chi connectivity index (χ2v) is 6.42. The number of rotatable bonds is 5. The zero-order valence-electron chi connectivity index (χ0n) is 14.1. The maximum atomic E-state index is 13.4. The highest BCUT2D eigenvalue weighted by atomic mass is 19.2. The highest BCUT2D eigenvalue weighted by molar-refractivity contribution is 5.89. The Kier molecular flexibility index (Phi) is 5.46. The topological polar surface area (TPSA) is 78.4 Å². The first-order valence-electron chi connectivity index (χ1n) is 8.40. The summed E-state index contributed by atoms with van der Waals surface area (Å²) in [5, 5.41) is 11.5. The lowest BCUT2D eigenvalue weighted by molar-refractivity contribution is -0.137. The number of amides is 2. The van der Waals surface area contributed by atoms with Crippen LogP contribution in [0.4, 0.5) is 13.2 Å². The minimum absolute atomic E-state index is 0.125. The molecule has 2 aromatic rings. The van der Waals surface area contributed by atoms with Crippen molar-refractivity contribution in [3.63, 3.8) is 0 Å². The molecule has 1 aliphatic rings. The van der Waals surface area contributed by atoms with Gasteiger partial charge in [0, 0.05) is 5.92 Å². The molecule has 0 heterocycles. The van der Waals surface area contributed by atoms with Gasteiger partial charge in [0.05, 0.1) is 0 Å². The normalized spacial score (nSPS) is 15.0. The molecule has 3 N–H and O–H groups in total. The zero-order chi connectivity index (χ0) is 19.6. The lowest BCUT2D eigenvalue weighted by Crippen LogP contribution is -2.43. The Hall–Kier alpha value is -2.87. The largest absolute Gasteiger partial charge is 0.340 e. The van der Waals surface area contributed by atoms with Gasteiger partial charge in [-0.05, 0) is 41.7 Å². The van der Waals surface area contributed by atoms with Crippen LogP contribution < -0.4 is 10.8 Å². The Balaban J connectivity index is 1.84. The van der Waals surface area contributed by atoms with Gasteiger partial charge in [-0.3, -0.25) is 14.8 Å². The van der Waals surface area contributed by atoms with Crippen LogP contribution in [-0.2, 0) is 9.59 Å². The van der Waals surface area contributed by atoms with Gasteiger partial charge in [-0.2, -0.15) is 0 Å². The van der Waals surface area contributed by atoms with E-state index < -0.39 is 29.4 Å². The number of carbonyl (C=O) groups excluding carboxylic acids is 2. The second kappa shape index (κ2) is 7.79. The summed E-state index contributed by atoms with van der Waals surface area (Å²) in [5.41, 5.74) is 2.41. The molecular weight excluding hydrogens is 361 g/mol. The van der Waals surface area contributed by atoms with Crippen molar-refractivity contribution in [2.24, 2.45) is 5.92 Å². The predicted molar refractivity (Wildman–Crippen MR) is 89.9 cm³/mol. The molecule has 142 valence electrons. The average Bonchev–Trinajstić information content (AvgIpc) is 2.62. The summed E-state index contributed by atoms with van der Waals surface area (Å²) in [6.07, 6.45) is 2.45. The molecule has 1 unspecified atom stereocenters. The predicted octanol–water partition coefficient (Wildman–Crippen LogP) is 3.23. The van der Waals surface area contributed by atoms with Crippen molar-refractivity contribution in [1.82, 2.24) is 10.8 Å². The molecule has 8 heteroatoms. The van der Waals surface area contributed by atoms with Gasteiger partial charge < -0.3 is 5.32 Å². The Morgan fingerprint density at radius 2 is 1.59 bits per heavy atom. The van der Waals surface area contributed by atoms with Crippen LogP contribution in [0.2, 0.25) is 0 Å². The van der Waals surface area contributed by atoms with Gasteiger partial charge in [-0.1, -0.05) is 30.7 Å². The van der Waals surface area contributed by atoms with Crippen molar-refractivity contribution in [2.45, 2.75) is 25.3 Å². The van der Waals surface area contributed by atoms with E-state index in [0.29, 0.717) is 11.1 Å². The van der Waals surface area contributed by atoms with E-state index in [2.05, 4.69) is 5.32 Å². The highest BCUT2D eigenvalue weighted by Crippen LogP contribution is 2.28. The molecule has 0 saturated heterocycles. The van der Waals surface area contributed by atoms with Crippen molar-refractivity contribution in [3.05, 3.63) is 59.4 Å². The molecule has 2 aromatic carbocycles. The van der Waals surface area contributed by atoms with Gasteiger partial charge in [0.15, 0.2) is 17.5 Å². The molecule has 2 amide bonds. The minimum Gasteiger partial charge on any atom is -0.340 e. The number of halogens is 3.